The van der Waals surface area contributed by atoms with Crippen LogP contribution in [0.4, 0.5) is 5.95 Å². The molecule has 2 aromatic rings. The number of H-pyrrole nitrogens is 1. The zero-order valence-corrected chi connectivity index (χ0v) is 10.9. The molecule has 1 aromatic heterocycles. The Balaban J connectivity index is 2.58. The minimum atomic E-state index is 0.239. The van der Waals surface area contributed by atoms with E-state index >= 15 is 0 Å². The van der Waals surface area contributed by atoms with Gasteiger partial charge in [0.1, 0.15) is 5.82 Å². The Kier molecular flexibility index (Phi) is 3.02. The molecule has 0 fully saturated rings. The molecule has 6 heteroatoms. The lowest BCUT2D eigenvalue weighted by Gasteiger charge is -2.04. The van der Waals surface area contributed by atoms with E-state index in [-0.39, 0.29) is 10.7 Å². The fourth-order valence-electron chi connectivity index (χ4n) is 1.28. The summed E-state index contributed by atoms with van der Waals surface area (Å²) in [5, 5.41) is 0. The van der Waals surface area contributed by atoms with Gasteiger partial charge in [-0.05, 0) is 30.8 Å². The van der Waals surface area contributed by atoms with Gasteiger partial charge in [0.15, 0.2) is 0 Å². The molecule has 1 aromatic carbocycles. The Morgan fingerprint density at radius 2 is 2.12 bits per heavy atom. The summed E-state index contributed by atoms with van der Waals surface area (Å²) in [6.45, 7) is 2.02. The number of nitrogen functional groups attached to an aromatic ring is 1. The number of aryl methyl sites for hydroxylation is 1. The molecule has 0 aliphatic rings. The second-order valence-corrected chi connectivity index (χ2v) is 4.55. The quantitative estimate of drug-likeness (QED) is 0.794. The van der Waals surface area contributed by atoms with Gasteiger partial charge in [0, 0.05) is 10.0 Å². The topological polar surface area (TPSA) is 67.6 Å². The standard InChI is InChI=1S/C10H9BrN4S/c1-5-2-3-6(4-7(5)11)8-13-9(12)15-10(16)14-8/h2-4H,1H3,(H3,12,13,14,15,16). The molecule has 2 rings (SSSR count). The van der Waals surface area contributed by atoms with Crippen LogP contribution in [0.25, 0.3) is 11.4 Å². The Labute approximate surface area is 106 Å². The average molecular weight is 297 g/mol. The van der Waals surface area contributed by atoms with Gasteiger partial charge in [0.25, 0.3) is 0 Å². The summed E-state index contributed by atoms with van der Waals surface area (Å²) in [7, 11) is 0. The van der Waals surface area contributed by atoms with Crippen LogP contribution in [0.2, 0.25) is 0 Å². The van der Waals surface area contributed by atoms with Crippen molar-refractivity contribution in [2.75, 3.05) is 5.73 Å². The molecule has 0 radical (unpaired) electrons. The van der Waals surface area contributed by atoms with E-state index in [0.717, 1.165) is 15.6 Å². The lowest BCUT2D eigenvalue weighted by atomic mass is 10.1. The summed E-state index contributed by atoms with van der Waals surface area (Å²) in [5.74, 6) is 0.893. The summed E-state index contributed by atoms with van der Waals surface area (Å²) in [4.78, 5) is 10.8. The number of benzene rings is 1. The van der Waals surface area contributed by atoms with E-state index in [4.69, 9.17) is 18.0 Å². The number of nitrogens with two attached hydrogens (primary N) is 1. The van der Waals surface area contributed by atoms with E-state index in [1.807, 2.05) is 25.1 Å². The molecule has 82 valence electrons. The van der Waals surface area contributed by atoms with Crippen molar-refractivity contribution in [2.45, 2.75) is 6.92 Å². The molecule has 0 bridgehead atoms. The van der Waals surface area contributed by atoms with Crippen LogP contribution in [0.5, 0.6) is 0 Å². The van der Waals surface area contributed by atoms with E-state index in [9.17, 15) is 0 Å². The van der Waals surface area contributed by atoms with Crippen molar-refractivity contribution >= 4 is 34.1 Å². The van der Waals surface area contributed by atoms with E-state index < -0.39 is 0 Å². The van der Waals surface area contributed by atoms with Crippen molar-refractivity contribution in [3.8, 4) is 11.4 Å². The molecule has 0 aliphatic carbocycles. The molecule has 0 unspecified atom stereocenters. The Hall–Kier alpha value is -1.27. The smallest absolute Gasteiger partial charge is 0.224 e. The number of nitrogens with one attached hydrogen (secondary N) is 1. The van der Waals surface area contributed by atoms with E-state index in [1.165, 1.54) is 0 Å². The van der Waals surface area contributed by atoms with Crippen LogP contribution in [-0.4, -0.2) is 15.0 Å². The van der Waals surface area contributed by atoms with Gasteiger partial charge in [-0.3, -0.25) is 0 Å². The van der Waals surface area contributed by atoms with Crippen LogP contribution in [0.1, 0.15) is 5.56 Å². The van der Waals surface area contributed by atoms with Crippen molar-refractivity contribution < 1.29 is 0 Å². The number of rotatable bonds is 1. The molecule has 0 amide bonds. The Morgan fingerprint density at radius 1 is 1.38 bits per heavy atom. The van der Waals surface area contributed by atoms with E-state index in [0.29, 0.717) is 5.82 Å². The molecule has 0 saturated heterocycles. The minimum absolute atomic E-state index is 0.239. The van der Waals surface area contributed by atoms with Gasteiger partial charge in [-0.2, -0.15) is 4.98 Å². The second kappa shape index (κ2) is 4.31. The van der Waals surface area contributed by atoms with Crippen molar-refractivity contribution in [3.05, 3.63) is 33.0 Å². The van der Waals surface area contributed by atoms with Crippen molar-refractivity contribution in [1.29, 1.82) is 0 Å². The number of hydrogen-bond acceptors (Lipinski definition) is 4. The fourth-order valence-corrected chi connectivity index (χ4v) is 1.85. The van der Waals surface area contributed by atoms with E-state index in [1.54, 1.807) is 0 Å². The second-order valence-electron chi connectivity index (χ2n) is 3.33. The number of hydrogen-bond donors (Lipinski definition) is 2. The molecule has 0 spiro atoms. The maximum absolute atomic E-state index is 5.58. The van der Waals surface area contributed by atoms with Gasteiger partial charge in [0.2, 0.25) is 10.7 Å². The first-order valence-corrected chi connectivity index (χ1v) is 5.77. The molecule has 16 heavy (non-hydrogen) atoms. The monoisotopic (exact) mass is 296 g/mol. The maximum Gasteiger partial charge on any atom is 0.224 e. The predicted octanol–water partition coefficient (Wildman–Crippen LogP) is 2.85. The molecule has 0 atom stereocenters. The normalized spacial score (nSPS) is 10.4. The molecular formula is C10H9BrN4S. The van der Waals surface area contributed by atoms with Crippen LogP contribution in [0, 0.1) is 11.7 Å². The number of halogens is 1. The molecule has 4 nitrogen and oxygen atoms in total. The number of anilines is 1. The molecule has 3 N–H and O–H groups in total. The highest BCUT2D eigenvalue weighted by atomic mass is 79.9. The van der Waals surface area contributed by atoms with Crippen LogP contribution in [-0.2, 0) is 0 Å². The average Bonchev–Trinajstić information content (AvgIpc) is 2.20. The summed E-state index contributed by atoms with van der Waals surface area (Å²) >= 11 is 8.38. The largest absolute Gasteiger partial charge is 0.369 e. The van der Waals surface area contributed by atoms with Gasteiger partial charge < -0.3 is 10.7 Å². The highest BCUT2D eigenvalue weighted by molar-refractivity contribution is 9.10. The zero-order valence-electron chi connectivity index (χ0n) is 8.49. The Morgan fingerprint density at radius 3 is 2.75 bits per heavy atom. The lowest BCUT2D eigenvalue weighted by molar-refractivity contribution is 1.05. The first kappa shape index (κ1) is 11.2. The molecule has 1 heterocycles. The summed E-state index contributed by atoms with van der Waals surface area (Å²) in [6, 6.07) is 5.91. The van der Waals surface area contributed by atoms with Crippen LogP contribution in [0.3, 0.4) is 0 Å². The van der Waals surface area contributed by atoms with Crippen LogP contribution < -0.4 is 5.73 Å². The minimum Gasteiger partial charge on any atom is -0.369 e. The summed E-state index contributed by atoms with van der Waals surface area (Å²) in [5.41, 5.74) is 7.65. The van der Waals surface area contributed by atoms with Gasteiger partial charge in [-0.25, -0.2) is 4.98 Å². The van der Waals surface area contributed by atoms with Gasteiger partial charge in [-0.15, -0.1) is 0 Å². The molecule has 0 saturated carbocycles. The zero-order chi connectivity index (χ0) is 11.7. The third-order valence-electron chi connectivity index (χ3n) is 2.12. The number of aromatic nitrogens is 3. The first-order chi connectivity index (χ1) is 7.56. The highest BCUT2D eigenvalue weighted by Crippen LogP contribution is 2.23. The lowest BCUT2D eigenvalue weighted by Crippen LogP contribution is -1.99. The predicted molar refractivity (Wildman–Crippen MR) is 69.5 cm³/mol. The van der Waals surface area contributed by atoms with Crippen LogP contribution >= 0.6 is 28.1 Å². The molecular weight excluding hydrogens is 288 g/mol. The third kappa shape index (κ3) is 2.28. The van der Waals surface area contributed by atoms with Crippen molar-refractivity contribution in [3.63, 3.8) is 0 Å². The van der Waals surface area contributed by atoms with Crippen molar-refractivity contribution in [2.24, 2.45) is 0 Å². The number of nitrogens with zero attached hydrogens (tertiary/aromatic N) is 2. The maximum atomic E-state index is 5.58. The first-order valence-electron chi connectivity index (χ1n) is 4.56. The van der Waals surface area contributed by atoms with E-state index in [2.05, 4.69) is 30.9 Å². The van der Waals surface area contributed by atoms with Gasteiger partial charge in [-0.1, -0.05) is 28.1 Å². The summed E-state index contributed by atoms with van der Waals surface area (Å²) < 4.78 is 1.25. The number of aromatic amines is 1. The highest BCUT2D eigenvalue weighted by Gasteiger charge is 2.03. The summed E-state index contributed by atoms with van der Waals surface area (Å²) in [6.07, 6.45) is 0. The SMILES string of the molecule is Cc1ccc(-c2nc(=S)nc(N)[nH]2)cc1Br. The third-order valence-corrected chi connectivity index (χ3v) is 3.15. The van der Waals surface area contributed by atoms with Gasteiger partial charge >= 0.3 is 0 Å². The van der Waals surface area contributed by atoms with Gasteiger partial charge in [0.05, 0.1) is 0 Å². The fraction of sp³-hybridized carbons (Fsp3) is 0.100. The molecule has 0 aliphatic heterocycles. The van der Waals surface area contributed by atoms with Crippen molar-refractivity contribution in [1.82, 2.24) is 15.0 Å². The van der Waals surface area contributed by atoms with Crippen LogP contribution in [0.15, 0.2) is 22.7 Å². The Bertz CT molecular complexity index is 594.